The fourth-order valence-electron chi connectivity index (χ4n) is 1.56. The quantitative estimate of drug-likeness (QED) is 0.605. The molecule has 3 N–H and O–H groups in total. The molecule has 3 heteroatoms. The Morgan fingerprint density at radius 1 is 1.67 bits per heavy atom. The van der Waals surface area contributed by atoms with Crippen molar-refractivity contribution in [1.82, 2.24) is 5.32 Å². The lowest BCUT2D eigenvalue weighted by Crippen LogP contribution is -2.43. The summed E-state index contributed by atoms with van der Waals surface area (Å²) in [5.41, 5.74) is 5.78. The average Bonchev–Trinajstić information content (AvgIpc) is 2.37. The van der Waals surface area contributed by atoms with E-state index in [-0.39, 0.29) is 18.0 Å². The van der Waals surface area contributed by atoms with Crippen LogP contribution >= 0.6 is 0 Å². The smallest absolute Gasteiger partial charge is 0.224 e. The summed E-state index contributed by atoms with van der Waals surface area (Å²) >= 11 is 0. The van der Waals surface area contributed by atoms with Crippen molar-refractivity contribution in [2.45, 2.75) is 37.8 Å². The van der Waals surface area contributed by atoms with Crippen LogP contribution in [-0.4, -0.2) is 18.0 Å². The molecule has 2 unspecified atom stereocenters. The predicted molar refractivity (Wildman–Crippen MR) is 48.6 cm³/mol. The predicted octanol–water partition coefficient (Wildman–Crippen LogP) is 0.559. The van der Waals surface area contributed by atoms with Crippen LogP contribution < -0.4 is 11.1 Å². The maximum atomic E-state index is 11.1. The van der Waals surface area contributed by atoms with Crippen LogP contribution in [0.1, 0.15) is 25.7 Å². The highest BCUT2D eigenvalue weighted by molar-refractivity contribution is 5.77. The largest absolute Gasteiger partial charge is 0.352 e. The highest BCUT2D eigenvalue weighted by atomic mass is 16.1. The second-order valence-corrected chi connectivity index (χ2v) is 3.26. The lowest BCUT2D eigenvalue weighted by molar-refractivity contribution is -0.121. The van der Waals surface area contributed by atoms with E-state index in [1.54, 1.807) is 6.08 Å². The van der Waals surface area contributed by atoms with E-state index in [0.29, 0.717) is 6.42 Å². The molecule has 1 fully saturated rings. The molecule has 0 aliphatic heterocycles. The van der Waals surface area contributed by atoms with Crippen LogP contribution in [0.5, 0.6) is 0 Å². The second kappa shape index (κ2) is 4.26. The van der Waals surface area contributed by atoms with Gasteiger partial charge in [-0.25, -0.2) is 0 Å². The summed E-state index contributed by atoms with van der Waals surface area (Å²) in [4.78, 5) is 11.1. The first kappa shape index (κ1) is 9.26. The van der Waals surface area contributed by atoms with Gasteiger partial charge in [0, 0.05) is 18.5 Å². The molecule has 68 valence electrons. The van der Waals surface area contributed by atoms with Crippen molar-refractivity contribution in [2.24, 2.45) is 5.73 Å². The monoisotopic (exact) mass is 168 g/mol. The van der Waals surface area contributed by atoms with Gasteiger partial charge in [0.05, 0.1) is 0 Å². The molecule has 1 amide bonds. The second-order valence-electron chi connectivity index (χ2n) is 3.26. The summed E-state index contributed by atoms with van der Waals surface area (Å²) in [6, 6.07) is 0.344. The van der Waals surface area contributed by atoms with Gasteiger partial charge >= 0.3 is 0 Å². The molecule has 0 heterocycles. The van der Waals surface area contributed by atoms with E-state index < -0.39 is 0 Å². The van der Waals surface area contributed by atoms with Crippen molar-refractivity contribution in [3.8, 4) is 0 Å². The fourth-order valence-corrected chi connectivity index (χ4v) is 1.56. The summed E-state index contributed by atoms with van der Waals surface area (Å²) < 4.78 is 0. The molecule has 0 saturated heterocycles. The van der Waals surface area contributed by atoms with Gasteiger partial charge in [-0.1, -0.05) is 6.08 Å². The SMILES string of the molecule is C=CCC(=O)NC1CCCC1N. The Hall–Kier alpha value is -0.830. The van der Waals surface area contributed by atoms with E-state index in [0.717, 1.165) is 19.3 Å². The summed E-state index contributed by atoms with van der Waals surface area (Å²) in [6.07, 6.45) is 5.17. The first-order chi connectivity index (χ1) is 5.74. The molecule has 0 aromatic rings. The Balaban J connectivity index is 2.29. The normalized spacial score (nSPS) is 28.4. The number of nitrogens with two attached hydrogens (primary N) is 1. The van der Waals surface area contributed by atoms with Gasteiger partial charge in [-0.05, 0) is 19.3 Å². The zero-order chi connectivity index (χ0) is 8.97. The Bertz CT molecular complexity index is 179. The average molecular weight is 168 g/mol. The summed E-state index contributed by atoms with van der Waals surface area (Å²) in [7, 11) is 0. The van der Waals surface area contributed by atoms with Gasteiger partial charge in [-0.3, -0.25) is 4.79 Å². The third kappa shape index (κ3) is 2.34. The topological polar surface area (TPSA) is 55.1 Å². The first-order valence-corrected chi connectivity index (χ1v) is 4.40. The van der Waals surface area contributed by atoms with Crippen molar-refractivity contribution in [3.63, 3.8) is 0 Å². The van der Waals surface area contributed by atoms with Crippen molar-refractivity contribution in [3.05, 3.63) is 12.7 Å². The number of hydrogen-bond donors (Lipinski definition) is 2. The van der Waals surface area contributed by atoms with Gasteiger partial charge in [0.25, 0.3) is 0 Å². The minimum Gasteiger partial charge on any atom is -0.352 e. The molecule has 1 rings (SSSR count). The van der Waals surface area contributed by atoms with Crippen LogP contribution in [0.3, 0.4) is 0 Å². The Morgan fingerprint density at radius 3 is 2.92 bits per heavy atom. The van der Waals surface area contributed by atoms with Crippen LogP contribution in [0.15, 0.2) is 12.7 Å². The molecule has 0 aromatic heterocycles. The molecule has 0 radical (unpaired) electrons. The van der Waals surface area contributed by atoms with Gasteiger partial charge in [-0.2, -0.15) is 0 Å². The minimum atomic E-state index is 0.0346. The van der Waals surface area contributed by atoms with E-state index in [4.69, 9.17) is 5.73 Å². The van der Waals surface area contributed by atoms with Crippen LogP contribution in [-0.2, 0) is 4.79 Å². The lowest BCUT2D eigenvalue weighted by Gasteiger charge is -2.16. The van der Waals surface area contributed by atoms with Crippen molar-refractivity contribution in [2.75, 3.05) is 0 Å². The number of rotatable bonds is 3. The molecule has 0 bridgehead atoms. The summed E-state index contributed by atoms with van der Waals surface area (Å²) in [6.45, 7) is 3.50. The first-order valence-electron chi connectivity index (χ1n) is 4.40. The Kier molecular flexibility index (Phi) is 3.29. The highest BCUT2D eigenvalue weighted by Crippen LogP contribution is 2.16. The number of amides is 1. The number of nitrogens with one attached hydrogen (secondary N) is 1. The molecule has 1 saturated carbocycles. The van der Waals surface area contributed by atoms with Crippen molar-refractivity contribution < 1.29 is 4.79 Å². The van der Waals surface area contributed by atoms with Gasteiger partial charge < -0.3 is 11.1 Å². The van der Waals surface area contributed by atoms with Crippen molar-refractivity contribution in [1.29, 1.82) is 0 Å². The maximum Gasteiger partial charge on any atom is 0.224 e. The third-order valence-electron chi connectivity index (χ3n) is 2.25. The van der Waals surface area contributed by atoms with Gasteiger partial charge in [0.15, 0.2) is 0 Å². The zero-order valence-corrected chi connectivity index (χ0v) is 7.25. The summed E-state index contributed by atoms with van der Waals surface area (Å²) in [5.74, 6) is 0.0346. The molecular weight excluding hydrogens is 152 g/mol. The zero-order valence-electron chi connectivity index (χ0n) is 7.25. The van der Waals surface area contributed by atoms with Gasteiger partial charge in [0.2, 0.25) is 5.91 Å². The Labute approximate surface area is 73.0 Å². The molecule has 1 aliphatic carbocycles. The molecule has 0 aromatic carbocycles. The van der Waals surface area contributed by atoms with Gasteiger partial charge in [0.1, 0.15) is 0 Å². The van der Waals surface area contributed by atoms with E-state index >= 15 is 0 Å². The molecule has 12 heavy (non-hydrogen) atoms. The molecule has 1 aliphatic rings. The molecule has 0 spiro atoms. The van der Waals surface area contributed by atoms with Gasteiger partial charge in [-0.15, -0.1) is 6.58 Å². The van der Waals surface area contributed by atoms with E-state index in [1.807, 2.05) is 0 Å². The van der Waals surface area contributed by atoms with Crippen molar-refractivity contribution >= 4 is 5.91 Å². The third-order valence-corrected chi connectivity index (χ3v) is 2.25. The number of carbonyl (C=O) groups excluding carboxylic acids is 1. The van der Waals surface area contributed by atoms with Crippen LogP contribution in [0.25, 0.3) is 0 Å². The van der Waals surface area contributed by atoms with Crippen LogP contribution in [0.4, 0.5) is 0 Å². The fraction of sp³-hybridized carbons (Fsp3) is 0.667. The maximum absolute atomic E-state index is 11.1. The highest BCUT2D eigenvalue weighted by Gasteiger charge is 2.24. The van der Waals surface area contributed by atoms with Crippen LogP contribution in [0, 0.1) is 0 Å². The summed E-state index contributed by atoms with van der Waals surface area (Å²) in [5, 5.41) is 2.89. The number of hydrogen-bond acceptors (Lipinski definition) is 2. The molecule has 2 atom stereocenters. The minimum absolute atomic E-state index is 0.0346. The molecule has 3 nitrogen and oxygen atoms in total. The van der Waals surface area contributed by atoms with Crippen LogP contribution in [0.2, 0.25) is 0 Å². The van der Waals surface area contributed by atoms with E-state index in [2.05, 4.69) is 11.9 Å². The standard InChI is InChI=1S/C9H16N2O/c1-2-4-9(12)11-8-6-3-5-7(8)10/h2,7-8H,1,3-6,10H2,(H,11,12). The Morgan fingerprint density at radius 2 is 2.42 bits per heavy atom. The lowest BCUT2D eigenvalue weighted by atomic mass is 10.2. The van der Waals surface area contributed by atoms with E-state index in [9.17, 15) is 4.79 Å². The van der Waals surface area contributed by atoms with E-state index in [1.165, 1.54) is 0 Å². The molecular formula is C9H16N2O. The number of carbonyl (C=O) groups is 1.